The van der Waals surface area contributed by atoms with Crippen LogP contribution in [0.4, 0.5) is 0 Å². The van der Waals surface area contributed by atoms with Crippen molar-refractivity contribution < 1.29 is 9.90 Å². The van der Waals surface area contributed by atoms with Crippen LogP contribution in [0.3, 0.4) is 0 Å². The molecule has 1 aromatic rings. The lowest BCUT2D eigenvalue weighted by Gasteiger charge is -2.02. The number of benzene rings is 1. The van der Waals surface area contributed by atoms with Gasteiger partial charge in [0.15, 0.2) is 6.29 Å². The number of carbonyl (C=O) groups excluding carboxylic acids is 1. The van der Waals surface area contributed by atoms with Crippen LogP contribution in [0.15, 0.2) is 12.1 Å². The standard InChI is InChI=1S/C11H10O2/c12-7-9-6-10(13)5-8-3-1-2-4-11(8)9/h3-7,13H,1-2H2. The van der Waals surface area contributed by atoms with Crippen molar-refractivity contribution in [1.29, 1.82) is 0 Å². The summed E-state index contributed by atoms with van der Waals surface area (Å²) >= 11 is 0. The Morgan fingerprint density at radius 3 is 2.77 bits per heavy atom. The molecule has 13 heavy (non-hydrogen) atoms. The first kappa shape index (κ1) is 8.05. The summed E-state index contributed by atoms with van der Waals surface area (Å²) < 4.78 is 0. The molecule has 1 aliphatic rings. The molecule has 0 radical (unpaired) electrons. The van der Waals surface area contributed by atoms with Crippen molar-refractivity contribution >= 4 is 18.4 Å². The molecule has 0 saturated heterocycles. The molecule has 2 rings (SSSR count). The Balaban J connectivity index is 2.87. The molecule has 1 N–H and O–H groups in total. The number of fused-ring (bicyclic) bond motifs is 1. The SMILES string of the molecule is O=Cc1cc(O)cc2c1=CCCC=2. The highest BCUT2D eigenvalue weighted by Gasteiger charge is 2.01. The lowest BCUT2D eigenvalue weighted by molar-refractivity contribution is 0.112. The van der Waals surface area contributed by atoms with Gasteiger partial charge < -0.3 is 5.11 Å². The maximum atomic E-state index is 10.7. The second kappa shape index (κ2) is 3.05. The Kier molecular flexibility index (Phi) is 1.89. The Labute approximate surface area is 75.8 Å². The van der Waals surface area contributed by atoms with Gasteiger partial charge in [-0.05, 0) is 35.4 Å². The monoisotopic (exact) mass is 174 g/mol. The first-order valence-electron chi connectivity index (χ1n) is 4.30. The highest BCUT2D eigenvalue weighted by molar-refractivity contribution is 5.77. The zero-order valence-corrected chi connectivity index (χ0v) is 7.16. The molecule has 0 amide bonds. The molecule has 0 saturated carbocycles. The summed E-state index contributed by atoms with van der Waals surface area (Å²) in [4.78, 5) is 10.7. The minimum atomic E-state index is 0.160. The van der Waals surface area contributed by atoms with Crippen LogP contribution in [0.5, 0.6) is 5.75 Å². The Bertz CT molecular complexity index is 458. The lowest BCUT2D eigenvalue weighted by Crippen LogP contribution is -2.29. The molecule has 0 unspecified atom stereocenters. The highest BCUT2D eigenvalue weighted by Crippen LogP contribution is 2.05. The van der Waals surface area contributed by atoms with E-state index in [1.54, 1.807) is 6.07 Å². The smallest absolute Gasteiger partial charge is 0.150 e. The predicted octanol–water partition coefficient (Wildman–Crippen LogP) is 0.559. The normalized spacial score (nSPS) is 13.8. The second-order valence-corrected chi connectivity index (χ2v) is 3.14. The van der Waals surface area contributed by atoms with E-state index >= 15 is 0 Å². The minimum absolute atomic E-state index is 0.160. The number of phenolic OH excluding ortho intramolecular Hbond substituents is 1. The van der Waals surface area contributed by atoms with Gasteiger partial charge in [-0.3, -0.25) is 4.79 Å². The molecule has 2 nitrogen and oxygen atoms in total. The molecule has 0 aromatic heterocycles. The highest BCUT2D eigenvalue weighted by atomic mass is 16.3. The summed E-state index contributed by atoms with van der Waals surface area (Å²) in [5, 5.41) is 11.2. The Morgan fingerprint density at radius 2 is 2.00 bits per heavy atom. The molecular formula is C11H10O2. The van der Waals surface area contributed by atoms with Gasteiger partial charge in [0, 0.05) is 5.56 Å². The van der Waals surface area contributed by atoms with Gasteiger partial charge in [0.2, 0.25) is 0 Å². The first-order chi connectivity index (χ1) is 6.31. The average Bonchev–Trinajstić information content (AvgIpc) is 2.16. The van der Waals surface area contributed by atoms with E-state index < -0.39 is 0 Å². The maximum Gasteiger partial charge on any atom is 0.150 e. The van der Waals surface area contributed by atoms with E-state index in [-0.39, 0.29) is 5.75 Å². The molecule has 2 heteroatoms. The zero-order valence-electron chi connectivity index (χ0n) is 7.16. The first-order valence-corrected chi connectivity index (χ1v) is 4.30. The fourth-order valence-electron chi connectivity index (χ4n) is 1.65. The third-order valence-electron chi connectivity index (χ3n) is 2.24. The van der Waals surface area contributed by atoms with Crippen molar-refractivity contribution in [2.45, 2.75) is 12.8 Å². The Hall–Kier alpha value is -1.57. The van der Waals surface area contributed by atoms with Gasteiger partial charge in [-0.15, -0.1) is 0 Å². The molecule has 0 fully saturated rings. The topological polar surface area (TPSA) is 37.3 Å². The lowest BCUT2D eigenvalue weighted by atomic mass is 10.0. The van der Waals surface area contributed by atoms with Crippen LogP contribution >= 0.6 is 0 Å². The van der Waals surface area contributed by atoms with E-state index in [1.165, 1.54) is 6.07 Å². The summed E-state index contributed by atoms with van der Waals surface area (Å²) in [6.07, 6.45) is 6.82. The summed E-state index contributed by atoms with van der Waals surface area (Å²) in [7, 11) is 0. The van der Waals surface area contributed by atoms with Crippen LogP contribution in [0.25, 0.3) is 12.2 Å². The van der Waals surface area contributed by atoms with Crippen molar-refractivity contribution in [3.05, 3.63) is 28.1 Å². The number of aromatic hydroxyl groups is 1. The van der Waals surface area contributed by atoms with E-state index in [2.05, 4.69) is 0 Å². The van der Waals surface area contributed by atoms with E-state index in [0.29, 0.717) is 5.56 Å². The van der Waals surface area contributed by atoms with Gasteiger partial charge in [-0.2, -0.15) is 0 Å². The van der Waals surface area contributed by atoms with E-state index in [1.807, 2.05) is 12.2 Å². The predicted molar refractivity (Wildman–Crippen MR) is 50.9 cm³/mol. The molecule has 1 aliphatic carbocycles. The third kappa shape index (κ3) is 1.35. The Morgan fingerprint density at radius 1 is 1.23 bits per heavy atom. The molecule has 66 valence electrons. The van der Waals surface area contributed by atoms with Gasteiger partial charge in [-0.25, -0.2) is 0 Å². The van der Waals surface area contributed by atoms with E-state index in [0.717, 1.165) is 29.6 Å². The van der Waals surface area contributed by atoms with Gasteiger partial charge in [-0.1, -0.05) is 12.2 Å². The van der Waals surface area contributed by atoms with E-state index in [9.17, 15) is 9.90 Å². The van der Waals surface area contributed by atoms with Crippen molar-refractivity contribution in [1.82, 2.24) is 0 Å². The van der Waals surface area contributed by atoms with E-state index in [4.69, 9.17) is 0 Å². The quantitative estimate of drug-likeness (QED) is 0.632. The molecule has 0 bridgehead atoms. The maximum absolute atomic E-state index is 10.7. The van der Waals surface area contributed by atoms with Crippen molar-refractivity contribution in [2.24, 2.45) is 0 Å². The summed E-state index contributed by atoms with van der Waals surface area (Å²) in [6.45, 7) is 0. The summed E-state index contributed by atoms with van der Waals surface area (Å²) in [5.74, 6) is 0.160. The van der Waals surface area contributed by atoms with Crippen molar-refractivity contribution in [3.63, 3.8) is 0 Å². The van der Waals surface area contributed by atoms with Gasteiger partial charge in [0.25, 0.3) is 0 Å². The molecule has 0 spiro atoms. The number of aldehydes is 1. The van der Waals surface area contributed by atoms with Gasteiger partial charge >= 0.3 is 0 Å². The van der Waals surface area contributed by atoms with Crippen LogP contribution in [0.2, 0.25) is 0 Å². The van der Waals surface area contributed by atoms with Crippen LogP contribution in [-0.2, 0) is 0 Å². The largest absolute Gasteiger partial charge is 0.508 e. The van der Waals surface area contributed by atoms with Gasteiger partial charge in [0.1, 0.15) is 5.75 Å². The summed E-state index contributed by atoms with van der Waals surface area (Å²) in [6, 6.07) is 3.19. The van der Waals surface area contributed by atoms with Crippen LogP contribution in [-0.4, -0.2) is 11.4 Å². The second-order valence-electron chi connectivity index (χ2n) is 3.14. The third-order valence-corrected chi connectivity index (χ3v) is 2.24. The minimum Gasteiger partial charge on any atom is -0.508 e. The number of hydrogen-bond acceptors (Lipinski definition) is 2. The molecular weight excluding hydrogens is 164 g/mol. The van der Waals surface area contributed by atoms with Crippen molar-refractivity contribution in [3.8, 4) is 5.75 Å². The van der Waals surface area contributed by atoms with Crippen LogP contribution < -0.4 is 10.4 Å². The van der Waals surface area contributed by atoms with Crippen molar-refractivity contribution in [2.75, 3.05) is 0 Å². The number of hydrogen-bond donors (Lipinski definition) is 1. The molecule has 0 atom stereocenters. The summed E-state index contributed by atoms with van der Waals surface area (Å²) in [5.41, 5.74) is 0.575. The fraction of sp³-hybridized carbons (Fsp3) is 0.182. The van der Waals surface area contributed by atoms with Gasteiger partial charge in [0.05, 0.1) is 0 Å². The zero-order chi connectivity index (χ0) is 9.26. The molecule has 0 aliphatic heterocycles. The fourth-order valence-corrected chi connectivity index (χ4v) is 1.65. The molecule has 1 aromatic carbocycles. The van der Waals surface area contributed by atoms with Crippen LogP contribution in [0.1, 0.15) is 23.2 Å². The average molecular weight is 174 g/mol. The number of rotatable bonds is 1. The number of carbonyl (C=O) groups is 1. The van der Waals surface area contributed by atoms with Crippen LogP contribution in [0, 0.1) is 0 Å². The number of phenols is 1. The molecule has 0 heterocycles.